The molecule has 1 unspecified atom stereocenters. The summed E-state index contributed by atoms with van der Waals surface area (Å²) in [4.78, 5) is 4.71. The van der Waals surface area contributed by atoms with Crippen LogP contribution in [0.5, 0.6) is 0 Å². The summed E-state index contributed by atoms with van der Waals surface area (Å²) in [5.74, 6) is 1.34. The van der Waals surface area contributed by atoms with Crippen molar-refractivity contribution in [2.45, 2.75) is 64.7 Å². The van der Waals surface area contributed by atoms with E-state index in [-0.39, 0.29) is 6.61 Å². The van der Waals surface area contributed by atoms with Crippen LogP contribution in [0.3, 0.4) is 0 Å². The Bertz CT molecular complexity index is 314. The number of likely N-dealkylation sites (N-methyl/N-ethyl adjacent to an activating group) is 1. The molecule has 0 aromatic heterocycles. The highest BCUT2D eigenvalue weighted by Gasteiger charge is 2.35. The molecule has 3 nitrogen and oxygen atoms in total. The molecule has 0 aromatic rings. The first kappa shape index (κ1) is 18.4. The van der Waals surface area contributed by atoms with Gasteiger partial charge in [-0.3, -0.25) is 4.48 Å². The Balaban J connectivity index is 2.10. The van der Waals surface area contributed by atoms with E-state index < -0.39 is 0 Å². The molecule has 0 spiro atoms. The van der Waals surface area contributed by atoms with Crippen LogP contribution >= 0.6 is 0 Å². The lowest BCUT2D eigenvalue weighted by molar-refractivity contribution is -0.835. The van der Waals surface area contributed by atoms with Crippen LogP contribution in [0.15, 0.2) is 17.6 Å². The van der Waals surface area contributed by atoms with Crippen LogP contribution in [0.25, 0.3) is 0 Å². The van der Waals surface area contributed by atoms with Crippen molar-refractivity contribution >= 4 is 5.84 Å². The molecule has 1 atom stereocenters. The van der Waals surface area contributed by atoms with E-state index in [0.29, 0.717) is 0 Å². The maximum atomic E-state index is 9.29. The summed E-state index contributed by atoms with van der Waals surface area (Å²) < 4.78 is 0.943. The van der Waals surface area contributed by atoms with Gasteiger partial charge in [-0.25, -0.2) is 4.99 Å². The predicted molar refractivity (Wildman–Crippen MR) is 91.7 cm³/mol. The second-order valence-corrected chi connectivity index (χ2v) is 6.23. The van der Waals surface area contributed by atoms with Crippen molar-refractivity contribution in [3.8, 4) is 0 Å². The normalized spacial score (nSPS) is 21.5. The highest BCUT2D eigenvalue weighted by molar-refractivity contribution is 5.76. The highest BCUT2D eigenvalue weighted by atomic mass is 16.3. The van der Waals surface area contributed by atoms with E-state index in [4.69, 9.17) is 4.99 Å². The molecule has 1 N–H and O–H groups in total. The number of amidine groups is 1. The van der Waals surface area contributed by atoms with E-state index in [1.54, 1.807) is 0 Å². The largest absolute Gasteiger partial charge is 0.390 e. The zero-order chi connectivity index (χ0) is 15.4. The first-order chi connectivity index (χ1) is 10.3. The van der Waals surface area contributed by atoms with Crippen molar-refractivity contribution in [1.29, 1.82) is 0 Å². The summed E-state index contributed by atoms with van der Waals surface area (Å²) in [6.45, 7) is 10.2. The number of rotatable bonds is 13. The molecule has 0 aliphatic carbocycles. The van der Waals surface area contributed by atoms with E-state index in [2.05, 4.69) is 13.5 Å². The Morgan fingerprint density at radius 3 is 2.43 bits per heavy atom. The van der Waals surface area contributed by atoms with Gasteiger partial charge < -0.3 is 5.11 Å². The number of quaternary nitrogens is 1. The second kappa shape index (κ2) is 11.0. The lowest BCUT2D eigenvalue weighted by Crippen LogP contribution is -2.52. The molecule has 1 aliphatic heterocycles. The molecule has 0 saturated heterocycles. The zero-order valence-corrected chi connectivity index (χ0v) is 14.0. The topological polar surface area (TPSA) is 32.6 Å². The molecule has 122 valence electrons. The van der Waals surface area contributed by atoms with Crippen LogP contribution in [0, 0.1) is 0 Å². The molecule has 1 aliphatic rings. The predicted octanol–water partition coefficient (Wildman–Crippen LogP) is 3.92. The fourth-order valence-corrected chi connectivity index (χ4v) is 3.35. The van der Waals surface area contributed by atoms with Gasteiger partial charge in [0.25, 0.3) is 0 Å². The van der Waals surface area contributed by atoms with Crippen LogP contribution in [0.2, 0.25) is 0 Å². The quantitative estimate of drug-likeness (QED) is 0.312. The first-order valence-electron chi connectivity index (χ1n) is 8.91. The maximum Gasteiger partial charge on any atom is 0.198 e. The molecule has 3 heteroatoms. The van der Waals surface area contributed by atoms with E-state index in [1.165, 1.54) is 57.2 Å². The Morgan fingerprint density at radius 1 is 1.14 bits per heavy atom. The minimum Gasteiger partial charge on any atom is -0.390 e. The number of aliphatic imine (C=N–C) groups is 1. The Labute approximate surface area is 131 Å². The molecule has 0 bridgehead atoms. The van der Waals surface area contributed by atoms with Gasteiger partial charge in [-0.1, -0.05) is 38.2 Å². The van der Waals surface area contributed by atoms with E-state index in [9.17, 15) is 5.11 Å². The van der Waals surface area contributed by atoms with Gasteiger partial charge in [0.05, 0.1) is 19.7 Å². The van der Waals surface area contributed by atoms with E-state index in [0.717, 1.165) is 37.1 Å². The molecule has 0 fully saturated rings. The molecule has 0 amide bonds. The third kappa shape index (κ3) is 6.31. The van der Waals surface area contributed by atoms with Crippen molar-refractivity contribution in [2.24, 2.45) is 4.99 Å². The first-order valence-corrected chi connectivity index (χ1v) is 8.91. The monoisotopic (exact) mass is 295 g/mol. The molecular weight excluding hydrogens is 260 g/mol. The third-order valence-electron chi connectivity index (χ3n) is 4.81. The molecule has 1 heterocycles. The highest BCUT2D eigenvalue weighted by Crippen LogP contribution is 2.19. The van der Waals surface area contributed by atoms with Crippen molar-refractivity contribution in [1.82, 2.24) is 0 Å². The summed E-state index contributed by atoms with van der Waals surface area (Å²) in [5, 5.41) is 9.29. The number of hydrogen-bond acceptors (Lipinski definition) is 2. The summed E-state index contributed by atoms with van der Waals surface area (Å²) in [6.07, 6.45) is 13.7. The molecule has 0 aromatic carbocycles. The van der Waals surface area contributed by atoms with Gasteiger partial charge in [0.15, 0.2) is 5.84 Å². The van der Waals surface area contributed by atoms with Crippen LogP contribution in [-0.4, -0.2) is 48.2 Å². The number of hydrogen-bond donors (Lipinski definition) is 1. The van der Waals surface area contributed by atoms with Crippen LogP contribution in [-0.2, 0) is 0 Å². The van der Waals surface area contributed by atoms with Crippen molar-refractivity contribution in [2.75, 3.05) is 32.8 Å². The lowest BCUT2D eigenvalue weighted by atomic mass is 10.1. The average Bonchev–Trinajstić information content (AvgIpc) is 2.89. The fourth-order valence-electron chi connectivity index (χ4n) is 3.35. The average molecular weight is 295 g/mol. The van der Waals surface area contributed by atoms with Gasteiger partial charge in [0.2, 0.25) is 0 Å². The van der Waals surface area contributed by atoms with Crippen molar-refractivity contribution in [3.05, 3.63) is 12.7 Å². The summed E-state index contributed by atoms with van der Waals surface area (Å²) in [5.41, 5.74) is 0. The minimum absolute atomic E-state index is 0.275. The lowest BCUT2D eigenvalue weighted by Gasteiger charge is -2.33. The molecule has 21 heavy (non-hydrogen) atoms. The maximum absolute atomic E-state index is 9.29. The van der Waals surface area contributed by atoms with Gasteiger partial charge in [-0.05, 0) is 26.2 Å². The number of unbranched alkanes of at least 4 members (excludes halogenated alkanes) is 7. The Hall–Kier alpha value is -0.670. The standard InChI is InChI=1S/C18H35N2O/c1-3-5-6-7-8-9-10-11-12-13-18-19-14-15-20(18,4-2)16-17-21/h3,21H,1,4-17H2,2H3/q+1. The zero-order valence-electron chi connectivity index (χ0n) is 14.0. The van der Waals surface area contributed by atoms with Gasteiger partial charge in [0.1, 0.15) is 13.1 Å². The minimum atomic E-state index is 0.275. The van der Waals surface area contributed by atoms with Crippen LogP contribution in [0.1, 0.15) is 64.7 Å². The molecule has 0 radical (unpaired) electrons. The SMILES string of the molecule is C=CCCCCCCCCCC1=NCC[N+]1(CC)CCO. The van der Waals surface area contributed by atoms with E-state index >= 15 is 0 Å². The molecular formula is C18H35N2O+. The van der Waals surface area contributed by atoms with Crippen molar-refractivity contribution < 1.29 is 9.59 Å². The number of nitrogens with zero attached hydrogens (tertiary/aromatic N) is 2. The van der Waals surface area contributed by atoms with Gasteiger partial charge in [-0.15, -0.1) is 6.58 Å². The Morgan fingerprint density at radius 2 is 1.81 bits per heavy atom. The fraction of sp³-hybridized carbons (Fsp3) is 0.833. The number of aliphatic hydroxyl groups is 1. The Kier molecular flexibility index (Phi) is 9.60. The summed E-state index contributed by atoms with van der Waals surface area (Å²) in [6, 6.07) is 0. The third-order valence-corrected chi connectivity index (χ3v) is 4.81. The van der Waals surface area contributed by atoms with Gasteiger partial charge >= 0.3 is 0 Å². The molecule has 1 rings (SSSR count). The summed E-state index contributed by atoms with van der Waals surface area (Å²) >= 11 is 0. The molecule has 0 saturated carbocycles. The van der Waals surface area contributed by atoms with Crippen LogP contribution < -0.4 is 0 Å². The van der Waals surface area contributed by atoms with Gasteiger partial charge in [0, 0.05) is 6.42 Å². The number of aliphatic hydroxyl groups excluding tert-OH is 1. The van der Waals surface area contributed by atoms with Crippen LogP contribution in [0.4, 0.5) is 0 Å². The number of allylic oxidation sites excluding steroid dienone is 1. The van der Waals surface area contributed by atoms with E-state index in [1.807, 2.05) is 6.08 Å². The summed E-state index contributed by atoms with van der Waals surface area (Å²) in [7, 11) is 0. The smallest absolute Gasteiger partial charge is 0.198 e. The van der Waals surface area contributed by atoms with Gasteiger partial charge in [-0.2, -0.15) is 0 Å². The van der Waals surface area contributed by atoms with Crippen molar-refractivity contribution in [3.63, 3.8) is 0 Å². The second-order valence-electron chi connectivity index (χ2n) is 6.23.